The maximum atomic E-state index is 13.4. The SMILES string of the molecule is CCOC(=O)C1=C(C(=O)OCC)N2C(C)=C(C)SC2OC1c1coc2cc(C)ccc2c1=O. The van der Waals surface area contributed by atoms with Crippen LogP contribution in [0.15, 0.2) is 55.5 Å². The molecule has 0 saturated carbocycles. The molecule has 33 heavy (non-hydrogen) atoms. The number of hydrogen-bond donors (Lipinski definition) is 0. The third kappa shape index (κ3) is 3.95. The van der Waals surface area contributed by atoms with Crippen LogP contribution in [0.4, 0.5) is 0 Å². The van der Waals surface area contributed by atoms with Gasteiger partial charge in [0.15, 0.2) is 11.0 Å². The first-order valence-electron chi connectivity index (χ1n) is 10.7. The summed E-state index contributed by atoms with van der Waals surface area (Å²) >= 11 is 1.39. The molecule has 174 valence electrons. The number of fused-ring (bicyclic) bond motifs is 2. The van der Waals surface area contributed by atoms with Gasteiger partial charge in [-0.2, -0.15) is 0 Å². The van der Waals surface area contributed by atoms with Gasteiger partial charge < -0.3 is 23.5 Å². The van der Waals surface area contributed by atoms with Gasteiger partial charge in [0.25, 0.3) is 0 Å². The lowest BCUT2D eigenvalue weighted by molar-refractivity contribution is -0.149. The number of rotatable bonds is 5. The Labute approximate surface area is 195 Å². The van der Waals surface area contributed by atoms with Gasteiger partial charge in [-0.05, 0) is 52.3 Å². The van der Waals surface area contributed by atoms with Gasteiger partial charge in [-0.15, -0.1) is 0 Å². The van der Waals surface area contributed by atoms with Crippen LogP contribution < -0.4 is 5.43 Å². The Bertz CT molecular complexity index is 1260. The Kier molecular flexibility index (Phi) is 6.36. The second-order valence-corrected chi connectivity index (χ2v) is 8.93. The summed E-state index contributed by atoms with van der Waals surface area (Å²) in [6.07, 6.45) is 0.122. The minimum absolute atomic E-state index is 0.0156. The molecule has 0 amide bonds. The van der Waals surface area contributed by atoms with E-state index in [1.54, 1.807) is 30.9 Å². The topological polar surface area (TPSA) is 95.3 Å². The van der Waals surface area contributed by atoms with E-state index in [4.69, 9.17) is 18.6 Å². The van der Waals surface area contributed by atoms with Crippen LogP contribution in [0.2, 0.25) is 0 Å². The number of thioether (sulfide) groups is 1. The van der Waals surface area contributed by atoms with Crippen molar-refractivity contribution in [1.82, 2.24) is 4.90 Å². The Balaban J connectivity index is 1.97. The Morgan fingerprint density at radius 1 is 1.09 bits per heavy atom. The summed E-state index contributed by atoms with van der Waals surface area (Å²) in [5.41, 5.74) is 1.18. The van der Waals surface area contributed by atoms with Crippen LogP contribution in [0.3, 0.4) is 0 Å². The van der Waals surface area contributed by atoms with Crippen LogP contribution >= 0.6 is 11.8 Å². The summed E-state index contributed by atoms with van der Waals surface area (Å²) in [4.78, 5) is 42.2. The van der Waals surface area contributed by atoms with Crippen molar-refractivity contribution in [2.75, 3.05) is 13.2 Å². The van der Waals surface area contributed by atoms with Crippen LogP contribution in [0.5, 0.6) is 0 Å². The lowest BCUT2D eigenvalue weighted by atomic mass is 9.97. The molecule has 0 saturated heterocycles. The molecule has 4 rings (SSSR count). The van der Waals surface area contributed by atoms with Crippen LogP contribution in [0.25, 0.3) is 11.0 Å². The average Bonchev–Trinajstić information content (AvgIpc) is 3.06. The number of benzene rings is 1. The lowest BCUT2D eigenvalue weighted by Gasteiger charge is -2.38. The minimum atomic E-state index is -1.17. The zero-order valence-electron chi connectivity index (χ0n) is 19.1. The molecule has 0 aliphatic carbocycles. The summed E-state index contributed by atoms with van der Waals surface area (Å²) in [6.45, 7) is 9.18. The standard InChI is InChI=1S/C24H25NO7S/c1-6-29-22(27)18-19(23(28)30-7-2)25-13(4)14(5)33-24(25)32-21(18)16-11-31-17-10-12(3)8-9-15(17)20(16)26/h8-11,21,24H,6-7H2,1-5H3. The molecule has 9 heteroatoms. The number of nitrogens with zero attached hydrogens (tertiary/aromatic N) is 1. The number of aryl methyl sites for hydroxylation is 1. The zero-order valence-corrected chi connectivity index (χ0v) is 19.9. The van der Waals surface area contributed by atoms with Crippen molar-refractivity contribution in [3.05, 3.63) is 67.7 Å². The monoisotopic (exact) mass is 471 g/mol. The fourth-order valence-corrected chi connectivity index (χ4v) is 5.00. The van der Waals surface area contributed by atoms with Gasteiger partial charge in [0.2, 0.25) is 0 Å². The molecule has 0 radical (unpaired) electrons. The third-order valence-corrected chi connectivity index (χ3v) is 6.75. The summed E-state index contributed by atoms with van der Waals surface area (Å²) < 4.78 is 22.6. The second kappa shape index (κ2) is 9.07. The summed E-state index contributed by atoms with van der Waals surface area (Å²) in [5, 5.41) is 0.356. The van der Waals surface area contributed by atoms with Crippen molar-refractivity contribution in [2.45, 2.75) is 46.3 Å². The normalized spacial score (nSPS) is 20.3. The molecule has 2 aliphatic heterocycles. The fourth-order valence-electron chi connectivity index (χ4n) is 3.90. The van der Waals surface area contributed by atoms with Crippen molar-refractivity contribution in [3.63, 3.8) is 0 Å². The number of esters is 2. The first kappa shape index (κ1) is 23.1. The summed E-state index contributed by atoms with van der Waals surface area (Å²) in [7, 11) is 0. The minimum Gasteiger partial charge on any atom is -0.464 e. The quantitative estimate of drug-likeness (QED) is 0.596. The van der Waals surface area contributed by atoms with Crippen molar-refractivity contribution < 1.29 is 28.2 Å². The molecule has 2 unspecified atom stereocenters. The van der Waals surface area contributed by atoms with Crippen molar-refractivity contribution in [1.29, 1.82) is 0 Å². The Morgan fingerprint density at radius 3 is 2.48 bits per heavy atom. The van der Waals surface area contributed by atoms with Gasteiger partial charge in [0.05, 0.1) is 24.2 Å². The number of allylic oxidation sites excluding steroid dienone is 2. The molecule has 2 aliphatic rings. The highest BCUT2D eigenvalue weighted by molar-refractivity contribution is 8.03. The number of hydrogen-bond acceptors (Lipinski definition) is 9. The molecular weight excluding hydrogens is 446 g/mol. The number of ether oxygens (including phenoxy) is 3. The summed E-state index contributed by atoms with van der Waals surface area (Å²) in [5.74, 6) is -1.44. The van der Waals surface area contributed by atoms with E-state index in [0.717, 1.165) is 16.2 Å². The fraction of sp³-hybridized carbons (Fsp3) is 0.375. The molecule has 2 aromatic rings. The maximum absolute atomic E-state index is 13.4. The Hall–Kier alpha value is -3.04. The van der Waals surface area contributed by atoms with Crippen LogP contribution in [-0.2, 0) is 23.8 Å². The van der Waals surface area contributed by atoms with E-state index in [1.807, 2.05) is 26.8 Å². The van der Waals surface area contributed by atoms with E-state index >= 15 is 0 Å². The van der Waals surface area contributed by atoms with Crippen molar-refractivity contribution >= 4 is 34.7 Å². The molecule has 0 fully saturated rings. The Morgan fingerprint density at radius 2 is 1.79 bits per heavy atom. The van der Waals surface area contributed by atoms with Crippen molar-refractivity contribution in [3.8, 4) is 0 Å². The van der Waals surface area contributed by atoms with Crippen LogP contribution in [0.1, 0.15) is 44.9 Å². The third-order valence-electron chi connectivity index (χ3n) is 5.57. The molecule has 8 nitrogen and oxygen atoms in total. The van der Waals surface area contributed by atoms with E-state index in [1.165, 1.54) is 18.0 Å². The summed E-state index contributed by atoms with van der Waals surface area (Å²) in [6, 6.07) is 5.25. The zero-order chi connectivity index (χ0) is 23.9. The smallest absolute Gasteiger partial charge is 0.355 e. The molecular formula is C24H25NO7S. The van der Waals surface area contributed by atoms with E-state index in [9.17, 15) is 14.4 Å². The van der Waals surface area contributed by atoms with Gasteiger partial charge in [-0.3, -0.25) is 4.79 Å². The second-order valence-electron chi connectivity index (χ2n) is 7.68. The molecule has 0 spiro atoms. The van der Waals surface area contributed by atoms with E-state index in [2.05, 4.69) is 0 Å². The molecule has 0 N–H and O–H groups in total. The largest absolute Gasteiger partial charge is 0.464 e. The molecule has 1 aromatic carbocycles. The van der Waals surface area contributed by atoms with Gasteiger partial charge in [-0.1, -0.05) is 17.8 Å². The highest BCUT2D eigenvalue weighted by Gasteiger charge is 2.48. The highest BCUT2D eigenvalue weighted by Crippen LogP contribution is 2.49. The van der Waals surface area contributed by atoms with Gasteiger partial charge >= 0.3 is 11.9 Å². The van der Waals surface area contributed by atoms with Gasteiger partial charge in [-0.25, -0.2) is 9.59 Å². The highest BCUT2D eigenvalue weighted by atomic mass is 32.2. The lowest BCUT2D eigenvalue weighted by Crippen LogP contribution is -2.43. The van der Waals surface area contributed by atoms with Crippen LogP contribution in [0, 0.1) is 6.92 Å². The van der Waals surface area contributed by atoms with Crippen LogP contribution in [-0.4, -0.2) is 35.6 Å². The van der Waals surface area contributed by atoms with Crippen molar-refractivity contribution in [2.24, 2.45) is 0 Å². The maximum Gasteiger partial charge on any atom is 0.355 e. The average molecular weight is 472 g/mol. The number of carbonyl (C=O) groups is 2. The van der Waals surface area contributed by atoms with Gasteiger partial charge in [0.1, 0.15) is 29.2 Å². The predicted molar refractivity (Wildman–Crippen MR) is 123 cm³/mol. The predicted octanol–water partition coefficient (Wildman–Crippen LogP) is 4.14. The number of carbonyl (C=O) groups excluding carboxylic acids is 2. The first-order chi connectivity index (χ1) is 15.8. The van der Waals surface area contributed by atoms with E-state index < -0.39 is 23.6 Å². The first-order valence-corrected chi connectivity index (χ1v) is 11.6. The molecule has 0 bridgehead atoms. The molecule has 3 heterocycles. The molecule has 2 atom stereocenters. The van der Waals surface area contributed by atoms with Gasteiger partial charge in [0, 0.05) is 10.6 Å². The van der Waals surface area contributed by atoms with E-state index in [-0.39, 0.29) is 35.5 Å². The molecule has 1 aromatic heterocycles. The van der Waals surface area contributed by atoms with E-state index in [0.29, 0.717) is 11.0 Å².